The Labute approximate surface area is 126 Å². The van der Waals surface area contributed by atoms with Crippen LogP contribution in [-0.2, 0) is 15.9 Å². The number of fused-ring (bicyclic) bond motifs is 5. The average molecular weight is 291 g/mol. The van der Waals surface area contributed by atoms with Crippen molar-refractivity contribution in [2.75, 3.05) is 0 Å². The van der Waals surface area contributed by atoms with Crippen LogP contribution >= 0.6 is 11.6 Å². The van der Waals surface area contributed by atoms with Gasteiger partial charge in [-0.3, -0.25) is 0 Å². The summed E-state index contributed by atoms with van der Waals surface area (Å²) in [5.41, 5.74) is 2.50. The molecule has 4 rings (SSSR count). The topological polar surface area (TPSA) is 9.23 Å². The summed E-state index contributed by atoms with van der Waals surface area (Å²) >= 11 is 6.22. The summed E-state index contributed by atoms with van der Waals surface area (Å²) in [4.78, 5) is 0. The Balaban J connectivity index is 1.86. The highest BCUT2D eigenvalue weighted by atomic mass is 35.5. The molecule has 2 fully saturated rings. The molecule has 1 nitrogen and oxygen atoms in total. The molecule has 1 aromatic carbocycles. The van der Waals surface area contributed by atoms with Gasteiger partial charge in [-0.25, -0.2) is 0 Å². The van der Waals surface area contributed by atoms with Crippen LogP contribution in [0, 0.1) is 17.8 Å². The van der Waals surface area contributed by atoms with E-state index < -0.39 is 0 Å². The van der Waals surface area contributed by atoms with E-state index >= 15 is 0 Å². The smallest absolute Gasteiger partial charge is 0.0977 e. The van der Waals surface area contributed by atoms with Crippen molar-refractivity contribution in [2.45, 2.75) is 57.7 Å². The first-order valence-corrected chi connectivity index (χ1v) is 8.29. The molecule has 1 spiro atoms. The van der Waals surface area contributed by atoms with Gasteiger partial charge < -0.3 is 4.74 Å². The van der Waals surface area contributed by atoms with E-state index in [0.29, 0.717) is 5.92 Å². The Hall–Kier alpha value is -0.530. The van der Waals surface area contributed by atoms with Gasteiger partial charge in [0.25, 0.3) is 0 Å². The molecule has 0 amide bonds. The molecule has 0 aromatic heterocycles. The van der Waals surface area contributed by atoms with Gasteiger partial charge in [-0.15, -0.1) is 0 Å². The van der Waals surface area contributed by atoms with Gasteiger partial charge in [-0.1, -0.05) is 24.6 Å². The quantitative estimate of drug-likeness (QED) is 0.633. The van der Waals surface area contributed by atoms with Crippen molar-refractivity contribution in [3.63, 3.8) is 0 Å². The van der Waals surface area contributed by atoms with Crippen molar-refractivity contribution in [1.82, 2.24) is 0 Å². The molecule has 4 atom stereocenters. The second kappa shape index (κ2) is 4.01. The molecule has 4 unspecified atom stereocenters. The zero-order valence-corrected chi connectivity index (χ0v) is 13.3. The zero-order chi connectivity index (χ0) is 14.1. The van der Waals surface area contributed by atoms with Gasteiger partial charge >= 0.3 is 0 Å². The molecule has 0 N–H and O–H groups in total. The van der Waals surface area contributed by atoms with E-state index in [1.54, 1.807) is 0 Å². The van der Waals surface area contributed by atoms with Crippen LogP contribution < -0.4 is 0 Å². The van der Waals surface area contributed by atoms with Gasteiger partial charge in [-0.05, 0) is 80.5 Å². The second-order valence-corrected chi connectivity index (χ2v) is 8.21. The van der Waals surface area contributed by atoms with Crippen molar-refractivity contribution in [1.29, 1.82) is 0 Å². The number of ether oxygens (including phenoxy) is 1. The highest BCUT2D eigenvalue weighted by Gasteiger charge is 2.59. The van der Waals surface area contributed by atoms with Gasteiger partial charge in [-0.2, -0.15) is 0 Å². The molecule has 1 aromatic rings. The maximum atomic E-state index is 6.73. The molecule has 2 heteroatoms. The van der Waals surface area contributed by atoms with Gasteiger partial charge in [0.1, 0.15) is 0 Å². The Bertz CT molecular complexity index is 565. The van der Waals surface area contributed by atoms with Crippen LogP contribution in [-0.4, -0.2) is 0 Å². The predicted octanol–water partition coefficient (Wildman–Crippen LogP) is 5.26. The fourth-order valence-corrected chi connectivity index (χ4v) is 5.46. The molecule has 1 aliphatic heterocycles. The number of hydrogen-bond donors (Lipinski definition) is 0. The molecule has 20 heavy (non-hydrogen) atoms. The average Bonchev–Trinajstić information content (AvgIpc) is 2.72. The highest BCUT2D eigenvalue weighted by Crippen LogP contribution is 2.63. The summed E-state index contributed by atoms with van der Waals surface area (Å²) in [6.07, 6.45) is 5.25. The molecule has 3 aliphatic rings. The van der Waals surface area contributed by atoms with Gasteiger partial charge in [0.05, 0.1) is 11.2 Å². The standard InChI is InChI=1S/C18H23ClO/c1-11-6-12-8-13(7-11)18(10-12)15-5-4-14(19)9-16(15)17(2,3)20-18/h4-5,9,11-13H,6-8,10H2,1-3H3. The second-order valence-electron chi connectivity index (χ2n) is 7.77. The van der Waals surface area contributed by atoms with Gasteiger partial charge in [0, 0.05) is 5.02 Å². The summed E-state index contributed by atoms with van der Waals surface area (Å²) in [6.45, 7) is 6.80. The summed E-state index contributed by atoms with van der Waals surface area (Å²) in [6, 6.07) is 6.40. The lowest BCUT2D eigenvalue weighted by molar-refractivity contribution is -0.146. The van der Waals surface area contributed by atoms with Gasteiger partial charge in [0.2, 0.25) is 0 Å². The molecule has 1 heterocycles. The largest absolute Gasteiger partial charge is 0.359 e. The van der Waals surface area contributed by atoms with E-state index in [9.17, 15) is 0 Å². The number of hydrogen-bond acceptors (Lipinski definition) is 1. The first-order valence-electron chi connectivity index (χ1n) is 7.91. The third kappa shape index (κ3) is 1.66. The minimum absolute atomic E-state index is 0.0289. The first-order chi connectivity index (χ1) is 9.41. The molecular weight excluding hydrogens is 268 g/mol. The van der Waals surface area contributed by atoms with Crippen molar-refractivity contribution >= 4 is 11.6 Å². The van der Waals surface area contributed by atoms with Crippen LogP contribution in [0.3, 0.4) is 0 Å². The number of halogens is 1. The van der Waals surface area contributed by atoms with Crippen LogP contribution in [0.25, 0.3) is 0 Å². The summed E-state index contributed by atoms with van der Waals surface area (Å²) < 4.78 is 6.73. The van der Waals surface area contributed by atoms with E-state index in [1.807, 2.05) is 6.07 Å². The molecule has 108 valence electrons. The van der Waals surface area contributed by atoms with E-state index in [-0.39, 0.29) is 11.2 Å². The highest BCUT2D eigenvalue weighted by molar-refractivity contribution is 6.30. The zero-order valence-electron chi connectivity index (χ0n) is 12.6. The number of rotatable bonds is 0. The lowest BCUT2D eigenvalue weighted by Gasteiger charge is -2.35. The summed E-state index contributed by atoms with van der Waals surface area (Å²) in [7, 11) is 0. The fourth-order valence-electron chi connectivity index (χ4n) is 5.29. The van der Waals surface area contributed by atoms with Crippen molar-refractivity contribution in [2.24, 2.45) is 17.8 Å². The third-order valence-corrected chi connectivity index (χ3v) is 6.05. The van der Waals surface area contributed by atoms with E-state index in [1.165, 1.54) is 36.8 Å². The lowest BCUT2D eigenvalue weighted by Crippen LogP contribution is -2.33. The molecule has 0 radical (unpaired) electrons. The molecule has 2 bridgehead atoms. The summed E-state index contributed by atoms with van der Waals surface area (Å²) in [5, 5.41) is 0.826. The monoisotopic (exact) mass is 290 g/mol. The molecular formula is C18H23ClO. The molecule has 2 saturated carbocycles. The van der Waals surface area contributed by atoms with Crippen LogP contribution in [0.1, 0.15) is 57.6 Å². The SMILES string of the molecule is CC1CC2CC(C1)C1(C2)OC(C)(C)c2cc(Cl)ccc21. The van der Waals surface area contributed by atoms with Crippen LogP contribution in [0.2, 0.25) is 5.02 Å². The van der Waals surface area contributed by atoms with Crippen molar-refractivity contribution in [3.8, 4) is 0 Å². The Morgan fingerprint density at radius 2 is 1.95 bits per heavy atom. The minimum Gasteiger partial charge on any atom is -0.359 e. The summed E-state index contributed by atoms with van der Waals surface area (Å²) in [5.74, 6) is 2.39. The van der Waals surface area contributed by atoms with Crippen LogP contribution in [0.4, 0.5) is 0 Å². The molecule has 0 saturated heterocycles. The Kier molecular flexibility index (Phi) is 2.64. The fraction of sp³-hybridized carbons (Fsp3) is 0.667. The number of benzene rings is 1. The first kappa shape index (κ1) is 13.2. The van der Waals surface area contributed by atoms with Crippen molar-refractivity contribution in [3.05, 3.63) is 34.3 Å². The van der Waals surface area contributed by atoms with E-state index in [4.69, 9.17) is 16.3 Å². The Morgan fingerprint density at radius 3 is 2.75 bits per heavy atom. The maximum Gasteiger partial charge on any atom is 0.0977 e. The van der Waals surface area contributed by atoms with Crippen LogP contribution in [0.15, 0.2) is 18.2 Å². The van der Waals surface area contributed by atoms with Crippen molar-refractivity contribution < 1.29 is 4.74 Å². The van der Waals surface area contributed by atoms with E-state index in [0.717, 1.165) is 16.9 Å². The molecule has 2 aliphatic carbocycles. The van der Waals surface area contributed by atoms with Gasteiger partial charge in [0.15, 0.2) is 0 Å². The Morgan fingerprint density at radius 1 is 1.15 bits per heavy atom. The predicted molar refractivity (Wildman–Crippen MR) is 81.9 cm³/mol. The lowest BCUT2D eigenvalue weighted by atomic mass is 9.77. The maximum absolute atomic E-state index is 6.73. The van der Waals surface area contributed by atoms with Crippen LogP contribution in [0.5, 0.6) is 0 Å². The minimum atomic E-state index is -0.207. The third-order valence-electron chi connectivity index (χ3n) is 5.82. The van der Waals surface area contributed by atoms with E-state index in [2.05, 4.69) is 32.9 Å². The normalized spacial score (nSPS) is 41.1.